The largest absolute Gasteiger partial charge is 0.616 e. The van der Waals surface area contributed by atoms with Crippen molar-refractivity contribution in [2.45, 2.75) is 0 Å². The standard InChI is InChI=1S/C14H11BrClN3O2S/c1-22(21)7-12(20)13-14(19-4-2-3-17-19)8-5-10(16)9(15)6-11(8)18-13/h2-6,18H,7H2,1H3. The Morgan fingerprint density at radius 3 is 2.95 bits per heavy atom. The van der Waals surface area contributed by atoms with Crippen LogP contribution in [0.3, 0.4) is 0 Å². The molecule has 0 aliphatic heterocycles. The Bertz CT molecular complexity index is 846. The number of benzene rings is 1. The van der Waals surface area contributed by atoms with E-state index < -0.39 is 11.2 Å². The molecule has 0 bridgehead atoms. The minimum absolute atomic E-state index is 0.0456. The molecule has 0 saturated carbocycles. The molecule has 1 unspecified atom stereocenters. The van der Waals surface area contributed by atoms with Crippen molar-refractivity contribution >= 4 is 55.4 Å². The van der Waals surface area contributed by atoms with Crippen molar-refractivity contribution in [2.24, 2.45) is 0 Å². The van der Waals surface area contributed by atoms with Crippen LogP contribution in [0.25, 0.3) is 16.6 Å². The Kier molecular flexibility index (Phi) is 4.31. The number of fused-ring (bicyclic) bond motifs is 1. The number of carbonyl (C=O) groups is 1. The molecule has 3 rings (SSSR count). The van der Waals surface area contributed by atoms with Crippen LogP contribution in [-0.2, 0) is 11.2 Å². The number of nitrogens with zero attached hydrogens (tertiary/aromatic N) is 2. The van der Waals surface area contributed by atoms with Crippen molar-refractivity contribution < 1.29 is 9.35 Å². The van der Waals surface area contributed by atoms with Crippen molar-refractivity contribution in [2.75, 3.05) is 12.0 Å². The van der Waals surface area contributed by atoms with Gasteiger partial charge >= 0.3 is 0 Å². The van der Waals surface area contributed by atoms with Crippen LogP contribution in [0.5, 0.6) is 0 Å². The van der Waals surface area contributed by atoms with Gasteiger partial charge in [0.05, 0.1) is 11.3 Å². The molecule has 2 aromatic heterocycles. The van der Waals surface area contributed by atoms with Crippen molar-refractivity contribution in [1.29, 1.82) is 0 Å². The molecule has 1 N–H and O–H groups in total. The van der Waals surface area contributed by atoms with Gasteiger partial charge in [0.1, 0.15) is 11.4 Å². The molecule has 22 heavy (non-hydrogen) atoms. The molecule has 1 atom stereocenters. The predicted molar refractivity (Wildman–Crippen MR) is 91.4 cm³/mol. The number of nitrogens with one attached hydrogen (secondary N) is 1. The van der Waals surface area contributed by atoms with Crippen LogP contribution in [-0.4, -0.2) is 37.1 Å². The Hall–Kier alpha value is -1.28. The SMILES string of the molecule is C[S+]([O-])CC(=O)c1[nH]c2cc(Br)c(Cl)cc2c1-n1cccn1. The van der Waals surface area contributed by atoms with Crippen molar-refractivity contribution in [3.63, 3.8) is 0 Å². The van der Waals surface area contributed by atoms with E-state index in [-0.39, 0.29) is 11.5 Å². The monoisotopic (exact) mass is 399 g/mol. The lowest BCUT2D eigenvalue weighted by molar-refractivity contribution is 0.101. The van der Waals surface area contributed by atoms with Gasteiger partial charge < -0.3 is 9.54 Å². The van der Waals surface area contributed by atoms with E-state index >= 15 is 0 Å². The summed E-state index contributed by atoms with van der Waals surface area (Å²) in [4.78, 5) is 15.5. The van der Waals surface area contributed by atoms with Gasteiger partial charge in [-0.25, -0.2) is 4.68 Å². The third kappa shape index (κ3) is 2.81. The van der Waals surface area contributed by atoms with Crippen LogP contribution in [0.1, 0.15) is 10.5 Å². The number of aromatic amines is 1. The zero-order valence-corrected chi connectivity index (χ0v) is 14.6. The molecule has 0 aliphatic rings. The lowest BCUT2D eigenvalue weighted by Crippen LogP contribution is -2.16. The summed E-state index contributed by atoms with van der Waals surface area (Å²) < 4.78 is 13.7. The number of aromatic nitrogens is 3. The quantitative estimate of drug-likeness (QED) is 0.539. The van der Waals surface area contributed by atoms with Gasteiger partial charge in [-0.05, 0) is 45.3 Å². The number of carbonyl (C=O) groups excluding carboxylic acids is 1. The molecule has 1 aromatic carbocycles. The molecule has 0 saturated heterocycles. The first-order valence-corrected chi connectivity index (χ1v) is 9.21. The summed E-state index contributed by atoms with van der Waals surface area (Å²) in [5, 5.41) is 5.52. The average molecular weight is 401 g/mol. The fraction of sp³-hybridized carbons (Fsp3) is 0.143. The molecule has 8 heteroatoms. The fourth-order valence-corrected chi connectivity index (χ4v) is 3.29. The van der Waals surface area contributed by atoms with Crippen LogP contribution in [0, 0.1) is 0 Å². The van der Waals surface area contributed by atoms with E-state index in [1.807, 2.05) is 6.07 Å². The smallest absolute Gasteiger partial charge is 0.230 e. The highest BCUT2D eigenvalue weighted by molar-refractivity contribution is 9.10. The zero-order chi connectivity index (χ0) is 15.9. The van der Waals surface area contributed by atoms with Gasteiger partial charge in [0.25, 0.3) is 0 Å². The van der Waals surface area contributed by atoms with E-state index in [0.717, 1.165) is 15.4 Å². The molecule has 3 aromatic rings. The van der Waals surface area contributed by atoms with E-state index in [4.69, 9.17) is 11.6 Å². The van der Waals surface area contributed by atoms with E-state index in [1.54, 1.807) is 29.2 Å². The van der Waals surface area contributed by atoms with Crippen LogP contribution in [0.2, 0.25) is 5.02 Å². The predicted octanol–water partition coefficient (Wildman–Crippen LogP) is 3.33. The van der Waals surface area contributed by atoms with Crippen LogP contribution >= 0.6 is 27.5 Å². The van der Waals surface area contributed by atoms with Gasteiger partial charge in [-0.15, -0.1) is 0 Å². The molecule has 114 valence electrons. The number of hydrogen-bond acceptors (Lipinski definition) is 3. The Labute approximate surface area is 143 Å². The van der Waals surface area contributed by atoms with E-state index in [0.29, 0.717) is 16.4 Å². The highest BCUT2D eigenvalue weighted by Crippen LogP contribution is 2.33. The maximum atomic E-state index is 12.4. The summed E-state index contributed by atoms with van der Waals surface area (Å²) >= 11 is 8.32. The van der Waals surface area contributed by atoms with Gasteiger partial charge in [0, 0.05) is 27.8 Å². The number of halogens is 2. The van der Waals surface area contributed by atoms with Gasteiger partial charge in [-0.3, -0.25) is 4.79 Å². The van der Waals surface area contributed by atoms with E-state index in [9.17, 15) is 9.35 Å². The first kappa shape index (κ1) is 15.6. The fourth-order valence-electron chi connectivity index (χ4n) is 2.27. The van der Waals surface area contributed by atoms with E-state index in [1.165, 1.54) is 6.26 Å². The van der Waals surface area contributed by atoms with Crippen molar-refractivity contribution in [3.05, 3.63) is 45.8 Å². The van der Waals surface area contributed by atoms with Gasteiger partial charge in [0.2, 0.25) is 5.78 Å². The number of H-pyrrole nitrogens is 1. The van der Waals surface area contributed by atoms with Gasteiger partial charge in [-0.2, -0.15) is 5.10 Å². The second kappa shape index (κ2) is 6.08. The maximum absolute atomic E-state index is 12.4. The summed E-state index contributed by atoms with van der Waals surface area (Å²) in [6, 6.07) is 5.35. The molecular formula is C14H11BrClN3O2S. The van der Waals surface area contributed by atoms with Crippen LogP contribution in [0.15, 0.2) is 35.1 Å². The Balaban J connectivity index is 2.26. The summed E-state index contributed by atoms with van der Waals surface area (Å²) in [7, 11) is 0. The molecule has 0 fully saturated rings. The molecule has 5 nitrogen and oxygen atoms in total. The second-order valence-corrected chi connectivity index (χ2v) is 7.45. The van der Waals surface area contributed by atoms with Crippen LogP contribution in [0.4, 0.5) is 0 Å². The Morgan fingerprint density at radius 2 is 2.32 bits per heavy atom. The minimum Gasteiger partial charge on any atom is -0.616 e. The first-order chi connectivity index (χ1) is 10.5. The summed E-state index contributed by atoms with van der Waals surface area (Å²) in [5.74, 6) is -0.273. The summed E-state index contributed by atoms with van der Waals surface area (Å²) in [6.45, 7) is 0. The summed E-state index contributed by atoms with van der Waals surface area (Å²) in [5.41, 5.74) is 1.75. The number of Topliss-reactive ketones (excluding diaryl/α,β-unsaturated/α-hetero) is 1. The molecule has 0 radical (unpaired) electrons. The number of rotatable bonds is 4. The lowest BCUT2D eigenvalue weighted by atomic mass is 10.2. The number of hydrogen-bond donors (Lipinski definition) is 1. The van der Waals surface area contributed by atoms with Crippen LogP contribution < -0.4 is 0 Å². The van der Waals surface area contributed by atoms with E-state index in [2.05, 4.69) is 26.0 Å². The maximum Gasteiger partial charge on any atom is 0.230 e. The second-order valence-electron chi connectivity index (χ2n) is 4.75. The molecule has 0 aliphatic carbocycles. The topological polar surface area (TPSA) is 73.7 Å². The number of ketones is 1. The normalized spacial score (nSPS) is 12.7. The molecule has 2 heterocycles. The molecule has 0 amide bonds. The highest BCUT2D eigenvalue weighted by atomic mass is 79.9. The highest BCUT2D eigenvalue weighted by Gasteiger charge is 2.23. The lowest BCUT2D eigenvalue weighted by Gasteiger charge is -2.06. The van der Waals surface area contributed by atoms with Crippen molar-refractivity contribution in [1.82, 2.24) is 14.8 Å². The van der Waals surface area contributed by atoms with Gasteiger partial charge in [0.15, 0.2) is 5.75 Å². The molecular weight excluding hydrogens is 390 g/mol. The van der Waals surface area contributed by atoms with Crippen molar-refractivity contribution in [3.8, 4) is 5.69 Å². The average Bonchev–Trinajstić information content (AvgIpc) is 3.05. The zero-order valence-electron chi connectivity index (χ0n) is 11.5. The first-order valence-electron chi connectivity index (χ1n) is 6.31. The molecule has 0 spiro atoms. The Morgan fingerprint density at radius 1 is 1.55 bits per heavy atom. The minimum atomic E-state index is -1.22. The summed E-state index contributed by atoms with van der Waals surface area (Å²) in [6.07, 6.45) is 4.88. The third-order valence-corrected chi connectivity index (χ3v) is 5.02. The van der Waals surface area contributed by atoms with Gasteiger partial charge in [-0.1, -0.05) is 11.6 Å². The third-order valence-electron chi connectivity index (χ3n) is 3.16.